The van der Waals surface area contributed by atoms with Crippen molar-refractivity contribution >= 4 is 0 Å². The minimum atomic E-state index is 0.376. The number of nitrogens with one attached hydrogen (secondary N) is 1. The van der Waals surface area contributed by atoms with Gasteiger partial charge in [0.05, 0.1) is 7.11 Å². The molecule has 1 atom stereocenters. The molecule has 3 nitrogen and oxygen atoms in total. The molecule has 1 aromatic rings. The minimum Gasteiger partial charge on any atom is -0.497 e. The zero-order valence-electron chi connectivity index (χ0n) is 11.4. The first-order chi connectivity index (χ1) is 8.24. The molecule has 17 heavy (non-hydrogen) atoms. The van der Waals surface area contributed by atoms with Crippen molar-refractivity contribution in [3.05, 3.63) is 29.8 Å². The van der Waals surface area contributed by atoms with Crippen molar-refractivity contribution in [2.45, 2.75) is 19.9 Å². The second-order valence-corrected chi connectivity index (χ2v) is 4.10. The van der Waals surface area contributed by atoms with E-state index in [1.165, 1.54) is 5.56 Å². The SMILES string of the molecule is CCN(CC)CC(NC)c1ccc(OC)cc1. The van der Waals surface area contributed by atoms with Crippen LogP contribution in [0.2, 0.25) is 0 Å². The summed E-state index contributed by atoms with van der Waals surface area (Å²) in [6.45, 7) is 7.61. The summed E-state index contributed by atoms with van der Waals surface area (Å²) in [5, 5.41) is 3.37. The molecule has 0 spiro atoms. The van der Waals surface area contributed by atoms with Crippen LogP contribution in [0.3, 0.4) is 0 Å². The van der Waals surface area contributed by atoms with Crippen molar-refractivity contribution < 1.29 is 4.74 Å². The molecule has 0 aromatic heterocycles. The lowest BCUT2D eigenvalue weighted by Crippen LogP contribution is -2.33. The maximum absolute atomic E-state index is 5.18. The van der Waals surface area contributed by atoms with Gasteiger partial charge in [-0.2, -0.15) is 0 Å². The molecule has 0 aliphatic rings. The molecule has 1 rings (SSSR count). The van der Waals surface area contributed by atoms with Crippen LogP contribution in [0.15, 0.2) is 24.3 Å². The maximum atomic E-state index is 5.18. The van der Waals surface area contributed by atoms with E-state index in [1.807, 2.05) is 19.2 Å². The van der Waals surface area contributed by atoms with Gasteiger partial charge in [0, 0.05) is 12.6 Å². The van der Waals surface area contributed by atoms with Crippen molar-refractivity contribution in [2.75, 3.05) is 33.8 Å². The number of nitrogens with zero attached hydrogens (tertiary/aromatic N) is 1. The van der Waals surface area contributed by atoms with Crippen molar-refractivity contribution in [1.29, 1.82) is 0 Å². The van der Waals surface area contributed by atoms with E-state index in [0.29, 0.717) is 6.04 Å². The smallest absolute Gasteiger partial charge is 0.118 e. The van der Waals surface area contributed by atoms with Crippen LogP contribution >= 0.6 is 0 Å². The second kappa shape index (κ2) is 7.30. The van der Waals surface area contributed by atoms with E-state index in [2.05, 4.69) is 36.2 Å². The fourth-order valence-corrected chi connectivity index (χ4v) is 1.94. The predicted molar refractivity (Wildman–Crippen MR) is 72.6 cm³/mol. The molecule has 96 valence electrons. The number of hydrogen-bond donors (Lipinski definition) is 1. The van der Waals surface area contributed by atoms with Crippen molar-refractivity contribution in [2.24, 2.45) is 0 Å². The largest absolute Gasteiger partial charge is 0.497 e. The summed E-state index contributed by atoms with van der Waals surface area (Å²) in [5.41, 5.74) is 1.31. The molecule has 0 radical (unpaired) electrons. The van der Waals surface area contributed by atoms with Crippen LogP contribution in [-0.2, 0) is 0 Å². The fraction of sp³-hybridized carbons (Fsp3) is 0.571. The molecule has 1 aromatic carbocycles. The van der Waals surface area contributed by atoms with Gasteiger partial charge in [-0.1, -0.05) is 26.0 Å². The van der Waals surface area contributed by atoms with Gasteiger partial charge in [0.1, 0.15) is 5.75 Å². The summed E-state index contributed by atoms with van der Waals surface area (Å²) in [5.74, 6) is 0.909. The lowest BCUT2D eigenvalue weighted by Gasteiger charge is -2.25. The highest BCUT2D eigenvalue weighted by Gasteiger charge is 2.12. The first-order valence-corrected chi connectivity index (χ1v) is 6.28. The standard InChI is InChI=1S/C14H24N2O/c1-5-16(6-2)11-14(15-3)12-7-9-13(17-4)10-8-12/h7-10,14-15H,5-6,11H2,1-4H3. The molecule has 0 aliphatic heterocycles. The van der Waals surface area contributed by atoms with E-state index in [0.717, 1.165) is 25.4 Å². The first-order valence-electron chi connectivity index (χ1n) is 6.28. The summed E-state index contributed by atoms with van der Waals surface area (Å²) in [6, 6.07) is 8.66. The van der Waals surface area contributed by atoms with Crippen LogP contribution in [0, 0.1) is 0 Å². The third-order valence-electron chi connectivity index (χ3n) is 3.20. The van der Waals surface area contributed by atoms with Crippen LogP contribution in [0.5, 0.6) is 5.75 Å². The Morgan fingerprint density at radius 3 is 2.18 bits per heavy atom. The Morgan fingerprint density at radius 1 is 1.18 bits per heavy atom. The Kier molecular flexibility index (Phi) is 6.01. The van der Waals surface area contributed by atoms with Gasteiger partial charge in [0.2, 0.25) is 0 Å². The lowest BCUT2D eigenvalue weighted by atomic mass is 10.1. The Balaban J connectivity index is 2.71. The quantitative estimate of drug-likeness (QED) is 0.786. The van der Waals surface area contributed by atoms with Crippen molar-refractivity contribution in [3.8, 4) is 5.75 Å². The summed E-state index contributed by atoms with van der Waals surface area (Å²) in [4.78, 5) is 2.42. The Bertz CT molecular complexity index is 307. The molecule has 0 heterocycles. The zero-order chi connectivity index (χ0) is 12.7. The molecule has 1 N–H and O–H groups in total. The number of rotatable bonds is 7. The average molecular weight is 236 g/mol. The molecule has 0 saturated heterocycles. The summed E-state index contributed by atoms with van der Waals surface area (Å²) < 4.78 is 5.18. The molecule has 0 aliphatic carbocycles. The van der Waals surface area contributed by atoms with Crippen molar-refractivity contribution in [1.82, 2.24) is 10.2 Å². The van der Waals surface area contributed by atoms with Crippen molar-refractivity contribution in [3.63, 3.8) is 0 Å². The molecular weight excluding hydrogens is 212 g/mol. The van der Waals surface area contributed by atoms with E-state index >= 15 is 0 Å². The molecule has 0 amide bonds. The van der Waals surface area contributed by atoms with E-state index in [9.17, 15) is 0 Å². The Morgan fingerprint density at radius 2 is 1.76 bits per heavy atom. The highest BCUT2D eigenvalue weighted by Crippen LogP contribution is 2.18. The topological polar surface area (TPSA) is 24.5 Å². The second-order valence-electron chi connectivity index (χ2n) is 4.10. The van der Waals surface area contributed by atoms with Gasteiger partial charge in [0.25, 0.3) is 0 Å². The van der Waals surface area contributed by atoms with E-state index in [4.69, 9.17) is 4.74 Å². The van der Waals surface area contributed by atoms with Crippen LogP contribution in [-0.4, -0.2) is 38.7 Å². The van der Waals surface area contributed by atoms with Crippen LogP contribution in [0.1, 0.15) is 25.5 Å². The first kappa shape index (κ1) is 14.0. The fourth-order valence-electron chi connectivity index (χ4n) is 1.94. The van der Waals surface area contributed by atoms with Gasteiger partial charge in [-0.25, -0.2) is 0 Å². The molecule has 0 fully saturated rings. The lowest BCUT2D eigenvalue weighted by molar-refractivity contribution is 0.271. The van der Waals surface area contributed by atoms with E-state index < -0.39 is 0 Å². The van der Waals surface area contributed by atoms with Gasteiger partial charge in [-0.05, 0) is 37.8 Å². The average Bonchev–Trinajstić information content (AvgIpc) is 2.40. The van der Waals surface area contributed by atoms with Crippen LogP contribution < -0.4 is 10.1 Å². The van der Waals surface area contributed by atoms with Gasteiger partial charge < -0.3 is 15.0 Å². The molecule has 3 heteroatoms. The normalized spacial score (nSPS) is 12.8. The molecule has 0 saturated carbocycles. The predicted octanol–water partition coefficient (Wildman–Crippen LogP) is 2.30. The number of benzene rings is 1. The van der Waals surface area contributed by atoms with Gasteiger partial charge in [-0.15, -0.1) is 0 Å². The summed E-state index contributed by atoms with van der Waals surface area (Å²) in [6.07, 6.45) is 0. The Hall–Kier alpha value is -1.06. The molecule has 0 bridgehead atoms. The Labute approximate surface area is 105 Å². The van der Waals surface area contributed by atoms with Crippen LogP contribution in [0.4, 0.5) is 0 Å². The number of methoxy groups -OCH3 is 1. The molecule has 1 unspecified atom stereocenters. The monoisotopic (exact) mass is 236 g/mol. The third-order valence-corrected chi connectivity index (χ3v) is 3.20. The summed E-state index contributed by atoms with van der Waals surface area (Å²) >= 11 is 0. The van der Waals surface area contributed by atoms with E-state index in [1.54, 1.807) is 7.11 Å². The minimum absolute atomic E-state index is 0.376. The highest BCUT2D eigenvalue weighted by molar-refractivity contribution is 5.29. The zero-order valence-corrected chi connectivity index (χ0v) is 11.4. The third kappa shape index (κ3) is 4.02. The molecular formula is C14H24N2O. The maximum Gasteiger partial charge on any atom is 0.118 e. The highest BCUT2D eigenvalue weighted by atomic mass is 16.5. The van der Waals surface area contributed by atoms with Gasteiger partial charge in [0.15, 0.2) is 0 Å². The number of ether oxygens (including phenoxy) is 1. The van der Waals surface area contributed by atoms with Crippen LogP contribution in [0.25, 0.3) is 0 Å². The van der Waals surface area contributed by atoms with Gasteiger partial charge >= 0.3 is 0 Å². The van der Waals surface area contributed by atoms with E-state index in [-0.39, 0.29) is 0 Å². The van der Waals surface area contributed by atoms with Gasteiger partial charge in [-0.3, -0.25) is 0 Å². The number of hydrogen-bond acceptors (Lipinski definition) is 3. The number of likely N-dealkylation sites (N-methyl/N-ethyl adjacent to an activating group) is 2. The summed E-state index contributed by atoms with van der Waals surface area (Å²) in [7, 11) is 3.71.